The first kappa shape index (κ1) is 14.8. The third-order valence-electron chi connectivity index (χ3n) is 4.95. The van der Waals surface area contributed by atoms with Crippen LogP contribution in [-0.4, -0.2) is 0 Å². The van der Waals surface area contributed by atoms with Crippen LogP contribution in [0.2, 0.25) is 0 Å². The van der Waals surface area contributed by atoms with Crippen molar-refractivity contribution in [2.24, 2.45) is 23.7 Å². The molecule has 2 aliphatic rings. The molecule has 1 radical (unpaired) electrons. The molecular weight excluding hydrogens is 204 g/mol. The SMILES string of the molecule is C.C=C[CH]C1CCC(C2CCC(C)CC2)CC1.[HH].[HH]. The molecule has 2 fully saturated rings. The largest absolute Gasteiger partial charge is 0.103 e. The summed E-state index contributed by atoms with van der Waals surface area (Å²) in [5.41, 5.74) is 0. The summed E-state index contributed by atoms with van der Waals surface area (Å²) in [6.07, 6.45) is 16.1. The molecule has 0 atom stereocenters. The van der Waals surface area contributed by atoms with Gasteiger partial charge in [-0.1, -0.05) is 33.3 Å². The summed E-state index contributed by atoms with van der Waals surface area (Å²) >= 11 is 0. The monoisotopic (exact) mass is 239 g/mol. The fourth-order valence-corrected chi connectivity index (χ4v) is 3.76. The Kier molecular flexibility index (Phi) is 6.30. The molecule has 17 heavy (non-hydrogen) atoms. The number of rotatable bonds is 3. The topological polar surface area (TPSA) is 0 Å². The van der Waals surface area contributed by atoms with Gasteiger partial charge in [-0.2, -0.15) is 0 Å². The highest BCUT2D eigenvalue weighted by molar-refractivity contribution is 4.95. The Bertz CT molecular complexity index is 211. The molecule has 0 nitrogen and oxygen atoms in total. The fourth-order valence-electron chi connectivity index (χ4n) is 3.76. The van der Waals surface area contributed by atoms with Crippen LogP contribution in [0.15, 0.2) is 12.7 Å². The van der Waals surface area contributed by atoms with Crippen LogP contribution in [0.25, 0.3) is 0 Å². The van der Waals surface area contributed by atoms with Crippen LogP contribution in [0.5, 0.6) is 0 Å². The zero-order valence-corrected chi connectivity index (χ0v) is 10.8. The first-order valence-corrected chi connectivity index (χ1v) is 7.25. The number of hydrogen-bond acceptors (Lipinski definition) is 0. The van der Waals surface area contributed by atoms with Crippen molar-refractivity contribution in [3.63, 3.8) is 0 Å². The van der Waals surface area contributed by atoms with Gasteiger partial charge in [0.1, 0.15) is 0 Å². The highest BCUT2D eigenvalue weighted by atomic mass is 14.3. The van der Waals surface area contributed by atoms with Crippen LogP contribution in [0.3, 0.4) is 0 Å². The summed E-state index contributed by atoms with van der Waals surface area (Å²) in [6.45, 7) is 6.24. The van der Waals surface area contributed by atoms with Gasteiger partial charge in [0.2, 0.25) is 0 Å². The minimum Gasteiger partial charge on any atom is -0.103 e. The fraction of sp³-hybridized carbons (Fsp3) is 0.824. The van der Waals surface area contributed by atoms with Gasteiger partial charge in [-0.05, 0) is 68.6 Å². The molecule has 0 aromatic rings. The summed E-state index contributed by atoms with van der Waals surface area (Å²) in [6, 6.07) is 0. The van der Waals surface area contributed by atoms with Crippen molar-refractivity contribution in [1.29, 1.82) is 0 Å². The maximum absolute atomic E-state index is 3.82. The number of hydrogen-bond donors (Lipinski definition) is 0. The number of allylic oxidation sites excluding steroid dienone is 1. The molecule has 0 unspecified atom stereocenters. The van der Waals surface area contributed by atoms with E-state index in [0.717, 1.165) is 23.7 Å². The molecule has 0 spiro atoms. The van der Waals surface area contributed by atoms with Crippen molar-refractivity contribution in [2.75, 3.05) is 0 Å². The van der Waals surface area contributed by atoms with Crippen LogP contribution in [0.1, 0.15) is 68.6 Å². The van der Waals surface area contributed by atoms with E-state index >= 15 is 0 Å². The summed E-state index contributed by atoms with van der Waals surface area (Å²) in [7, 11) is 0. The van der Waals surface area contributed by atoms with Gasteiger partial charge in [0.05, 0.1) is 0 Å². The van der Waals surface area contributed by atoms with Crippen LogP contribution >= 0.6 is 0 Å². The Morgan fingerprint density at radius 2 is 1.35 bits per heavy atom. The van der Waals surface area contributed by atoms with Crippen molar-refractivity contribution in [3.05, 3.63) is 19.1 Å². The Hall–Kier alpha value is -0.260. The van der Waals surface area contributed by atoms with E-state index in [0.29, 0.717) is 0 Å². The zero-order chi connectivity index (χ0) is 11.4. The average Bonchev–Trinajstić information content (AvgIpc) is 2.32. The van der Waals surface area contributed by atoms with Gasteiger partial charge in [-0.25, -0.2) is 0 Å². The van der Waals surface area contributed by atoms with Gasteiger partial charge in [0, 0.05) is 2.85 Å². The van der Waals surface area contributed by atoms with Gasteiger partial charge < -0.3 is 0 Å². The zero-order valence-electron chi connectivity index (χ0n) is 10.8. The molecule has 2 saturated carbocycles. The lowest BCUT2D eigenvalue weighted by Crippen LogP contribution is -2.25. The lowest BCUT2D eigenvalue weighted by molar-refractivity contribution is 0.158. The standard InChI is InChI=1S/C16H27.CH4.2H2/c1-3-4-14-7-11-16(12-8-14)15-9-5-13(2)6-10-15;;;/h3-4,13-16H,1,5-12H2,2H3;1H4;2*1H. The molecular formula is C17H35. The van der Waals surface area contributed by atoms with Crippen molar-refractivity contribution < 1.29 is 2.85 Å². The minimum absolute atomic E-state index is 0. The van der Waals surface area contributed by atoms with E-state index in [1.807, 2.05) is 6.08 Å². The second-order valence-electron chi connectivity index (χ2n) is 6.12. The molecule has 0 amide bonds. The van der Waals surface area contributed by atoms with E-state index in [1.165, 1.54) is 51.4 Å². The molecule has 2 rings (SSSR count). The van der Waals surface area contributed by atoms with Crippen molar-refractivity contribution in [1.82, 2.24) is 0 Å². The first-order chi connectivity index (χ1) is 7.79. The molecule has 0 aromatic carbocycles. The quantitative estimate of drug-likeness (QED) is 0.555. The van der Waals surface area contributed by atoms with Crippen LogP contribution in [0.4, 0.5) is 0 Å². The van der Waals surface area contributed by atoms with E-state index in [2.05, 4.69) is 19.9 Å². The molecule has 0 heteroatoms. The van der Waals surface area contributed by atoms with Crippen LogP contribution < -0.4 is 0 Å². The second-order valence-corrected chi connectivity index (χ2v) is 6.12. The molecule has 2 aliphatic carbocycles. The first-order valence-electron chi connectivity index (χ1n) is 7.25. The Labute approximate surface area is 112 Å². The summed E-state index contributed by atoms with van der Waals surface area (Å²) in [5, 5.41) is 0. The van der Waals surface area contributed by atoms with Gasteiger partial charge >= 0.3 is 0 Å². The van der Waals surface area contributed by atoms with E-state index in [9.17, 15) is 0 Å². The van der Waals surface area contributed by atoms with E-state index < -0.39 is 0 Å². The summed E-state index contributed by atoms with van der Waals surface area (Å²) in [5.74, 6) is 3.97. The molecule has 0 aliphatic heterocycles. The maximum atomic E-state index is 3.82. The third-order valence-corrected chi connectivity index (χ3v) is 4.95. The average molecular weight is 239 g/mol. The lowest BCUT2D eigenvalue weighted by atomic mass is 9.69. The molecule has 0 aromatic heterocycles. The normalized spacial score (nSPS) is 38.2. The van der Waals surface area contributed by atoms with Crippen LogP contribution in [-0.2, 0) is 0 Å². The molecule has 0 heterocycles. The Morgan fingerprint density at radius 1 is 0.882 bits per heavy atom. The predicted molar refractivity (Wildman–Crippen MR) is 82.0 cm³/mol. The van der Waals surface area contributed by atoms with Crippen molar-refractivity contribution in [2.45, 2.75) is 65.7 Å². The molecule has 0 saturated heterocycles. The second kappa shape index (κ2) is 7.24. The van der Waals surface area contributed by atoms with Crippen molar-refractivity contribution in [3.8, 4) is 0 Å². The lowest BCUT2D eigenvalue weighted by Gasteiger charge is -2.37. The maximum Gasteiger partial charge on any atom is 0 e. The van der Waals surface area contributed by atoms with E-state index in [4.69, 9.17) is 0 Å². The van der Waals surface area contributed by atoms with Gasteiger partial charge in [0.15, 0.2) is 0 Å². The van der Waals surface area contributed by atoms with Gasteiger partial charge in [-0.3, -0.25) is 0 Å². The van der Waals surface area contributed by atoms with Crippen molar-refractivity contribution >= 4 is 0 Å². The van der Waals surface area contributed by atoms with Gasteiger partial charge in [0.25, 0.3) is 0 Å². The predicted octanol–water partition coefficient (Wildman–Crippen LogP) is 6.14. The third kappa shape index (κ3) is 4.16. The molecule has 0 N–H and O–H groups in total. The highest BCUT2D eigenvalue weighted by Crippen LogP contribution is 2.41. The van der Waals surface area contributed by atoms with E-state index in [1.54, 1.807) is 0 Å². The summed E-state index contributed by atoms with van der Waals surface area (Å²) in [4.78, 5) is 0. The molecule has 103 valence electrons. The molecule has 0 bridgehead atoms. The smallest absolute Gasteiger partial charge is 0 e. The van der Waals surface area contributed by atoms with E-state index in [-0.39, 0.29) is 10.3 Å². The van der Waals surface area contributed by atoms with Crippen LogP contribution in [0, 0.1) is 30.1 Å². The highest BCUT2D eigenvalue weighted by Gasteiger charge is 2.29. The minimum atomic E-state index is 0. The summed E-state index contributed by atoms with van der Waals surface area (Å²) < 4.78 is 0. The Morgan fingerprint density at radius 3 is 1.82 bits per heavy atom. The Balaban J connectivity index is 0. The van der Waals surface area contributed by atoms with Gasteiger partial charge in [-0.15, -0.1) is 6.58 Å².